The molecule has 2 aromatic rings. The Morgan fingerprint density at radius 2 is 2.03 bits per heavy atom. The van der Waals surface area contributed by atoms with Gasteiger partial charge in [-0.15, -0.1) is 11.3 Å². The molecule has 1 unspecified atom stereocenters. The molecule has 29 heavy (non-hydrogen) atoms. The van der Waals surface area contributed by atoms with Gasteiger partial charge in [-0.05, 0) is 36.4 Å². The van der Waals surface area contributed by atoms with Crippen LogP contribution in [0, 0.1) is 5.92 Å². The number of hydrogen-bond acceptors (Lipinski definition) is 8. The van der Waals surface area contributed by atoms with Crippen molar-refractivity contribution in [2.24, 2.45) is 5.92 Å². The summed E-state index contributed by atoms with van der Waals surface area (Å²) in [4.78, 5) is 12.4. The molecular formula is C17H22N2O7S3. The molecule has 0 spiro atoms. The van der Waals surface area contributed by atoms with Crippen molar-refractivity contribution in [1.29, 1.82) is 0 Å². The number of carbonyl (C=O) groups is 1. The van der Waals surface area contributed by atoms with Crippen LogP contribution < -0.4 is 0 Å². The Labute approximate surface area is 174 Å². The summed E-state index contributed by atoms with van der Waals surface area (Å²) < 4.78 is 62.4. The van der Waals surface area contributed by atoms with Crippen LogP contribution in [0.25, 0.3) is 0 Å². The zero-order valence-electron chi connectivity index (χ0n) is 16.0. The van der Waals surface area contributed by atoms with Crippen LogP contribution >= 0.6 is 11.3 Å². The second-order valence-corrected chi connectivity index (χ2v) is 11.9. The third kappa shape index (κ3) is 4.72. The number of nitrogens with zero attached hydrogens (tertiary/aromatic N) is 2. The predicted molar refractivity (Wildman–Crippen MR) is 105 cm³/mol. The lowest BCUT2D eigenvalue weighted by Gasteiger charge is -2.30. The van der Waals surface area contributed by atoms with Crippen LogP contribution in [-0.4, -0.2) is 58.6 Å². The summed E-state index contributed by atoms with van der Waals surface area (Å²) in [6.45, 7) is 0.182. The summed E-state index contributed by atoms with van der Waals surface area (Å²) >= 11 is 1.14. The quantitative estimate of drug-likeness (QED) is 0.576. The maximum Gasteiger partial charge on any atom is 0.310 e. The van der Waals surface area contributed by atoms with Crippen LogP contribution in [0.1, 0.15) is 18.6 Å². The fourth-order valence-electron chi connectivity index (χ4n) is 2.91. The maximum absolute atomic E-state index is 12.7. The molecule has 0 radical (unpaired) electrons. The van der Waals surface area contributed by atoms with E-state index in [1.807, 2.05) is 0 Å². The molecule has 1 aliphatic heterocycles. The molecule has 9 nitrogen and oxygen atoms in total. The Balaban J connectivity index is 1.61. The molecule has 1 aliphatic rings. The van der Waals surface area contributed by atoms with Gasteiger partial charge in [-0.3, -0.25) is 4.79 Å². The summed E-state index contributed by atoms with van der Waals surface area (Å²) in [5.74, 6) is -0.930. The normalized spacial score (nSPS) is 18.8. The van der Waals surface area contributed by atoms with E-state index in [-0.39, 0.29) is 28.2 Å². The van der Waals surface area contributed by atoms with Gasteiger partial charge < -0.3 is 9.15 Å². The largest absolute Gasteiger partial charge is 0.457 e. The highest BCUT2D eigenvalue weighted by Gasteiger charge is 2.34. The fraction of sp³-hybridized carbons (Fsp3) is 0.471. The van der Waals surface area contributed by atoms with Gasteiger partial charge in [0.25, 0.3) is 20.0 Å². The lowest BCUT2D eigenvalue weighted by atomic mass is 10.00. The van der Waals surface area contributed by atoms with Crippen molar-refractivity contribution in [3.05, 3.63) is 35.4 Å². The number of thiophene rings is 1. The number of esters is 1. The number of ether oxygens (including phenoxy) is 1. The summed E-state index contributed by atoms with van der Waals surface area (Å²) in [5, 5.41) is 1.45. The van der Waals surface area contributed by atoms with E-state index in [2.05, 4.69) is 0 Å². The van der Waals surface area contributed by atoms with Crippen molar-refractivity contribution in [3.8, 4) is 0 Å². The van der Waals surface area contributed by atoms with Crippen molar-refractivity contribution >= 4 is 37.4 Å². The third-order valence-corrected chi connectivity index (χ3v) is 9.46. The van der Waals surface area contributed by atoms with Crippen LogP contribution in [0.4, 0.5) is 0 Å². The van der Waals surface area contributed by atoms with Crippen molar-refractivity contribution < 1.29 is 30.8 Å². The molecule has 3 heterocycles. The molecule has 0 aromatic carbocycles. The summed E-state index contributed by atoms with van der Waals surface area (Å²) in [6.07, 6.45) is 1.07. The average molecular weight is 463 g/mol. The number of piperidine rings is 1. The molecule has 0 amide bonds. The first-order chi connectivity index (χ1) is 13.6. The minimum atomic E-state index is -3.71. The molecule has 160 valence electrons. The van der Waals surface area contributed by atoms with Gasteiger partial charge in [0.1, 0.15) is 16.6 Å². The van der Waals surface area contributed by atoms with Crippen LogP contribution in [-0.2, 0) is 36.2 Å². The summed E-state index contributed by atoms with van der Waals surface area (Å²) in [6, 6.07) is 5.94. The first kappa shape index (κ1) is 22.0. The van der Waals surface area contributed by atoms with E-state index in [9.17, 15) is 21.6 Å². The number of furan rings is 1. The molecule has 1 fully saturated rings. The fourth-order valence-corrected chi connectivity index (χ4v) is 6.39. The summed E-state index contributed by atoms with van der Waals surface area (Å²) in [5.41, 5.74) is 0. The van der Waals surface area contributed by atoms with Gasteiger partial charge in [-0.25, -0.2) is 21.1 Å². The molecule has 1 atom stereocenters. The first-order valence-corrected chi connectivity index (χ1v) is 12.6. The van der Waals surface area contributed by atoms with Gasteiger partial charge in [0.2, 0.25) is 5.09 Å². The molecule has 2 aromatic heterocycles. The van der Waals surface area contributed by atoms with Crippen molar-refractivity contribution in [1.82, 2.24) is 8.61 Å². The maximum atomic E-state index is 12.7. The standard InChI is InChI=1S/C17H22N2O7S3/c1-18(2)28(21,22)15-8-7-14(26-15)12-25-17(20)13-5-3-9-19(11-13)29(23,24)16-6-4-10-27-16/h4,6-8,10,13H,3,5,9,11-12H2,1-2H3. The SMILES string of the molecule is CN(C)S(=O)(=O)c1ccc(COC(=O)C2CCCN(S(=O)(=O)c3cccs3)C2)o1. The Kier molecular flexibility index (Phi) is 6.48. The minimum absolute atomic E-state index is 0.0531. The highest BCUT2D eigenvalue weighted by Crippen LogP contribution is 2.27. The Bertz CT molecular complexity index is 1060. The van der Waals surface area contributed by atoms with E-state index in [4.69, 9.17) is 9.15 Å². The van der Waals surface area contributed by atoms with Gasteiger partial charge in [-0.1, -0.05) is 6.07 Å². The van der Waals surface area contributed by atoms with Crippen molar-refractivity contribution in [2.45, 2.75) is 28.7 Å². The zero-order chi connectivity index (χ0) is 21.2. The smallest absolute Gasteiger partial charge is 0.310 e. The van der Waals surface area contributed by atoms with E-state index < -0.39 is 31.9 Å². The van der Waals surface area contributed by atoms with Gasteiger partial charge in [-0.2, -0.15) is 4.31 Å². The van der Waals surface area contributed by atoms with Crippen LogP contribution in [0.15, 0.2) is 43.4 Å². The van der Waals surface area contributed by atoms with Crippen LogP contribution in [0.3, 0.4) is 0 Å². The van der Waals surface area contributed by atoms with E-state index in [1.54, 1.807) is 11.4 Å². The second kappa shape index (κ2) is 8.56. The van der Waals surface area contributed by atoms with E-state index >= 15 is 0 Å². The highest BCUT2D eigenvalue weighted by atomic mass is 32.2. The number of hydrogen-bond donors (Lipinski definition) is 0. The van der Waals surface area contributed by atoms with Crippen LogP contribution in [0.2, 0.25) is 0 Å². The molecule has 0 bridgehead atoms. The lowest BCUT2D eigenvalue weighted by Crippen LogP contribution is -2.42. The van der Waals surface area contributed by atoms with E-state index in [0.29, 0.717) is 19.4 Å². The monoisotopic (exact) mass is 462 g/mol. The second-order valence-electron chi connectivity index (χ2n) is 6.75. The Hall–Kier alpha value is -1.73. The predicted octanol–water partition coefficient (Wildman–Crippen LogP) is 1.74. The lowest BCUT2D eigenvalue weighted by molar-refractivity contribution is -0.151. The molecule has 0 N–H and O–H groups in total. The van der Waals surface area contributed by atoms with Crippen molar-refractivity contribution in [2.75, 3.05) is 27.2 Å². The first-order valence-electron chi connectivity index (χ1n) is 8.84. The Morgan fingerprint density at radius 1 is 1.28 bits per heavy atom. The molecule has 0 saturated carbocycles. The highest BCUT2D eigenvalue weighted by molar-refractivity contribution is 7.91. The minimum Gasteiger partial charge on any atom is -0.457 e. The topological polar surface area (TPSA) is 114 Å². The van der Waals surface area contributed by atoms with Gasteiger partial charge in [0.15, 0.2) is 0 Å². The molecule has 0 aliphatic carbocycles. The number of carbonyl (C=O) groups excluding carboxylic acids is 1. The van der Waals surface area contributed by atoms with Gasteiger partial charge in [0.05, 0.1) is 5.92 Å². The molecular weight excluding hydrogens is 440 g/mol. The van der Waals surface area contributed by atoms with Crippen LogP contribution in [0.5, 0.6) is 0 Å². The molecule has 1 saturated heterocycles. The van der Waals surface area contributed by atoms with E-state index in [1.165, 1.54) is 36.6 Å². The Morgan fingerprint density at radius 3 is 2.69 bits per heavy atom. The van der Waals surface area contributed by atoms with Gasteiger partial charge in [0, 0.05) is 27.2 Å². The average Bonchev–Trinajstić information content (AvgIpc) is 3.38. The number of sulfonamides is 2. The zero-order valence-corrected chi connectivity index (χ0v) is 18.4. The van der Waals surface area contributed by atoms with E-state index in [0.717, 1.165) is 15.6 Å². The molecule has 12 heteroatoms. The number of rotatable bonds is 7. The molecule has 3 rings (SSSR count). The van der Waals surface area contributed by atoms with Crippen molar-refractivity contribution in [3.63, 3.8) is 0 Å². The summed E-state index contributed by atoms with van der Waals surface area (Å²) in [7, 11) is -4.55. The van der Waals surface area contributed by atoms with Gasteiger partial charge >= 0.3 is 5.97 Å². The third-order valence-electron chi connectivity index (χ3n) is 4.54.